The van der Waals surface area contributed by atoms with E-state index in [4.69, 9.17) is 9.41 Å². The molecule has 97 valence electrons. The van der Waals surface area contributed by atoms with Gasteiger partial charge in [-0.05, 0) is 30.7 Å². The van der Waals surface area contributed by atoms with Crippen molar-refractivity contribution in [1.29, 1.82) is 0 Å². The first kappa shape index (κ1) is 13.6. The quantitative estimate of drug-likeness (QED) is 0.569. The lowest BCUT2D eigenvalue weighted by Gasteiger charge is -2.31. The third kappa shape index (κ3) is 4.12. The van der Waals surface area contributed by atoms with Gasteiger partial charge in [-0.15, -0.1) is 0 Å². The summed E-state index contributed by atoms with van der Waals surface area (Å²) in [6.07, 6.45) is 3.30. The summed E-state index contributed by atoms with van der Waals surface area (Å²) in [5.41, 5.74) is 1.45. The van der Waals surface area contributed by atoms with Crippen molar-refractivity contribution in [3.8, 4) is 0 Å². The maximum Gasteiger partial charge on any atom is 0.506 e. The zero-order valence-corrected chi connectivity index (χ0v) is 11.0. The Labute approximate surface area is 110 Å². The van der Waals surface area contributed by atoms with Crippen molar-refractivity contribution >= 4 is 7.69 Å². The van der Waals surface area contributed by atoms with Crippen LogP contribution in [0.1, 0.15) is 37.7 Å². The fraction of sp³-hybridized carbons (Fsp3) is 0.571. The number of hydrogen-bond donors (Lipinski definition) is 0. The van der Waals surface area contributed by atoms with Gasteiger partial charge in [0, 0.05) is 19.7 Å². The molecule has 1 aromatic rings. The molecule has 1 radical (unpaired) electrons. The van der Waals surface area contributed by atoms with Crippen molar-refractivity contribution in [3.05, 3.63) is 35.9 Å². The lowest BCUT2D eigenvalue weighted by Crippen LogP contribution is -2.34. The summed E-state index contributed by atoms with van der Waals surface area (Å²) in [7, 11) is 1.46. The van der Waals surface area contributed by atoms with Gasteiger partial charge in [-0.25, -0.2) is 5.06 Å². The van der Waals surface area contributed by atoms with Crippen molar-refractivity contribution in [1.82, 2.24) is 5.06 Å². The summed E-state index contributed by atoms with van der Waals surface area (Å²) < 4.78 is 10.7. The van der Waals surface area contributed by atoms with E-state index in [-0.39, 0.29) is 0 Å². The third-order valence-corrected chi connectivity index (χ3v) is 3.31. The van der Waals surface area contributed by atoms with E-state index in [0.717, 1.165) is 39.0 Å². The van der Waals surface area contributed by atoms with Crippen molar-refractivity contribution < 1.29 is 9.41 Å². The first-order valence-electron chi connectivity index (χ1n) is 6.80. The highest BCUT2D eigenvalue weighted by molar-refractivity contribution is 6.17. The van der Waals surface area contributed by atoms with Crippen LogP contribution in [0.15, 0.2) is 30.3 Å². The topological polar surface area (TPSA) is 21.7 Å². The Balaban J connectivity index is 1.68. The Kier molecular flexibility index (Phi) is 5.71. The predicted molar refractivity (Wildman–Crippen MR) is 73.1 cm³/mol. The largest absolute Gasteiger partial charge is 0.506 e. The normalized spacial score (nSPS) is 17.8. The number of piperidine rings is 1. The van der Waals surface area contributed by atoms with Crippen LogP contribution in [0.4, 0.5) is 0 Å². The third-order valence-electron chi connectivity index (χ3n) is 3.31. The minimum Gasteiger partial charge on any atom is -0.412 e. The number of nitrogens with zero attached hydrogens (tertiary/aromatic N) is 1. The van der Waals surface area contributed by atoms with Gasteiger partial charge in [0.05, 0.1) is 0 Å². The second kappa shape index (κ2) is 7.57. The van der Waals surface area contributed by atoms with E-state index in [1.165, 1.54) is 13.2 Å². The van der Waals surface area contributed by atoms with Crippen LogP contribution >= 0.6 is 0 Å². The van der Waals surface area contributed by atoms with E-state index in [0.29, 0.717) is 5.92 Å². The molecule has 2 rings (SSSR count). The second-order valence-corrected chi connectivity index (χ2v) is 4.69. The molecule has 4 heteroatoms. The first-order valence-corrected chi connectivity index (χ1v) is 6.80. The molecular weight excluding hydrogens is 225 g/mol. The second-order valence-electron chi connectivity index (χ2n) is 4.69. The number of benzene rings is 1. The maximum absolute atomic E-state index is 5.46. The van der Waals surface area contributed by atoms with Gasteiger partial charge in [0.15, 0.2) is 0 Å². The standard InChI is InChI=1S/C14H21BNO2/c1-2-12-17-15-18-16-10-8-14(9-11-16)13-6-4-3-5-7-13/h3-7,14H,2,8-12H2,1H3. The van der Waals surface area contributed by atoms with Crippen molar-refractivity contribution in [3.63, 3.8) is 0 Å². The smallest absolute Gasteiger partial charge is 0.412 e. The highest BCUT2D eigenvalue weighted by Gasteiger charge is 2.20. The molecule has 1 aromatic carbocycles. The van der Waals surface area contributed by atoms with Gasteiger partial charge in [-0.1, -0.05) is 37.3 Å². The lowest BCUT2D eigenvalue weighted by molar-refractivity contribution is -0.0892. The lowest BCUT2D eigenvalue weighted by atomic mass is 9.90. The molecule has 0 aliphatic carbocycles. The van der Waals surface area contributed by atoms with Crippen LogP contribution in [0, 0.1) is 0 Å². The van der Waals surface area contributed by atoms with Crippen LogP contribution in [0.5, 0.6) is 0 Å². The number of rotatable bonds is 6. The molecule has 1 aliphatic rings. The van der Waals surface area contributed by atoms with E-state index in [2.05, 4.69) is 37.3 Å². The fourth-order valence-corrected chi connectivity index (χ4v) is 2.28. The molecule has 0 spiro atoms. The van der Waals surface area contributed by atoms with Gasteiger partial charge < -0.3 is 9.41 Å². The Morgan fingerprint density at radius 1 is 1.22 bits per heavy atom. The molecule has 0 amide bonds. The van der Waals surface area contributed by atoms with Crippen molar-refractivity contribution in [2.24, 2.45) is 0 Å². The summed E-state index contributed by atoms with van der Waals surface area (Å²) in [5, 5.41) is 1.98. The maximum atomic E-state index is 5.46. The molecule has 18 heavy (non-hydrogen) atoms. The Hall–Kier alpha value is -0.835. The Morgan fingerprint density at radius 2 is 1.94 bits per heavy atom. The zero-order chi connectivity index (χ0) is 12.6. The summed E-state index contributed by atoms with van der Waals surface area (Å²) in [5.74, 6) is 0.669. The van der Waals surface area contributed by atoms with Gasteiger partial charge in [-0.2, -0.15) is 0 Å². The Bertz CT molecular complexity index is 326. The van der Waals surface area contributed by atoms with E-state index >= 15 is 0 Å². The number of hydroxylamine groups is 2. The fourth-order valence-electron chi connectivity index (χ4n) is 2.28. The molecule has 1 saturated heterocycles. The van der Waals surface area contributed by atoms with Crippen LogP contribution < -0.4 is 0 Å². The van der Waals surface area contributed by atoms with E-state index in [1.807, 2.05) is 5.06 Å². The summed E-state index contributed by atoms with van der Waals surface area (Å²) in [6, 6.07) is 10.7. The first-order chi connectivity index (χ1) is 8.90. The van der Waals surface area contributed by atoms with Crippen LogP contribution in [0.3, 0.4) is 0 Å². The molecule has 0 atom stereocenters. The van der Waals surface area contributed by atoms with Crippen molar-refractivity contribution in [2.75, 3.05) is 19.7 Å². The van der Waals surface area contributed by atoms with E-state index in [1.54, 1.807) is 0 Å². The molecule has 1 heterocycles. The Morgan fingerprint density at radius 3 is 2.61 bits per heavy atom. The van der Waals surface area contributed by atoms with Crippen LogP contribution in [0.2, 0.25) is 0 Å². The monoisotopic (exact) mass is 246 g/mol. The molecule has 0 N–H and O–H groups in total. The average Bonchev–Trinajstić information content (AvgIpc) is 2.45. The summed E-state index contributed by atoms with van der Waals surface area (Å²) in [4.78, 5) is 0. The van der Waals surface area contributed by atoms with Gasteiger partial charge in [0.25, 0.3) is 0 Å². The highest BCUT2D eigenvalue weighted by Crippen LogP contribution is 2.27. The molecule has 1 fully saturated rings. The molecule has 0 unspecified atom stereocenters. The van der Waals surface area contributed by atoms with Gasteiger partial charge in [0.1, 0.15) is 0 Å². The van der Waals surface area contributed by atoms with Crippen LogP contribution in [-0.4, -0.2) is 32.4 Å². The molecule has 0 bridgehead atoms. The van der Waals surface area contributed by atoms with Gasteiger partial charge >= 0.3 is 7.69 Å². The summed E-state index contributed by atoms with van der Waals surface area (Å²) in [6.45, 7) is 4.73. The molecular formula is C14H21BNO2. The van der Waals surface area contributed by atoms with Gasteiger partial charge in [-0.3, -0.25) is 0 Å². The number of hydrogen-bond acceptors (Lipinski definition) is 3. The average molecular weight is 246 g/mol. The van der Waals surface area contributed by atoms with E-state index in [9.17, 15) is 0 Å². The summed E-state index contributed by atoms with van der Waals surface area (Å²) >= 11 is 0. The van der Waals surface area contributed by atoms with Crippen molar-refractivity contribution in [2.45, 2.75) is 32.1 Å². The SMILES string of the molecule is CCCO[B]ON1CCC(c2ccccc2)CC1. The molecule has 1 aliphatic heterocycles. The van der Waals surface area contributed by atoms with E-state index < -0.39 is 0 Å². The highest BCUT2D eigenvalue weighted by atomic mass is 16.7. The molecule has 0 saturated carbocycles. The van der Waals surface area contributed by atoms with Gasteiger partial charge in [0.2, 0.25) is 0 Å². The van der Waals surface area contributed by atoms with Crippen LogP contribution in [0.25, 0.3) is 0 Å². The molecule has 0 aromatic heterocycles. The predicted octanol–water partition coefficient (Wildman–Crippen LogP) is 2.76. The zero-order valence-electron chi connectivity index (χ0n) is 11.0. The minimum atomic E-state index is 0.669. The molecule has 3 nitrogen and oxygen atoms in total. The van der Waals surface area contributed by atoms with Crippen LogP contribution in [-0.2, 0) is 9.41 Å². The minimum absolute atomic E-state index is 0.669.